The molecule has 0 aliphatic heterocycles. The normalized spacial score (nSPS) is 12.7. The van der Waals surface area contributed by atoms with E-state index < -0.39 is 0 Å². The molecular weight excluding hydrogens is 258 g/mol. The topological polar surface area (TPSA) is 25.2 Å². The van der Waals surface area contributed by atoms with Crippen molar-refractivity contribution in [1.82, 2.24) is 5.32 Å². The van der Waals surface area contributed by atoms with Gasteiger partial charge in [0.05, 0.1) is 6.04 Å². The van der Waals surface area contributed by atoms with E-state index in [1.54, 1.807) is 0 Å². The Morgan fingerprint density at radius 3 is 2.57 bits per heavy atom. The first kappa shape index (κ1) is 13.9. The maximum absolute atomic E-state index is 6.09. The second-order valence-corrected chi connectivity index (χ2v) is 5.68. The molecule has 1 N–H and O–H groups in total. The lowest BCUT2D eigenvalue weighted by atomic mass is 10.0. The van der Waals surface area contributed by atoms with E-state index in [-0.39, 0.29) is 6.04 Å². The number of aryl methyl sites for hydroxylation is 2. The van der Waals surface area contributed by atoms with Crippen LogP contribution < -0.4 is 5.32 Å². The monoisotopic (exact) mass is 279 g/mol. The lowest BCUT2D eigenvalue weighted by Gasteiger charge is -2.14. The van der Waals surface area contributed by atoms with Gasteiger partial charge in [-0.25, -0.2) is 0 Å². The van der Waals surface area contributed by atoms with Crippen LogP contribution in [0.1, 0.15) is 28.5 Å². The third-order valence-electron chi connectivity index (χ3n) is 3.97. The van der Waals surface area contributed by atoms with E-state index in [4.69, 9.17) is 4.42 Å². The van der Waals surface area contributed by atoms with E-state index in [0.29, 0.717) is 0 Å². The van der Waals surface area contributed by atoms with E-state index in [1.807, 2.05) is 7.05 Å². The Morgan fingerprint density at radius 1 is 1.05 bits per heavy atom. The number of hydrogen-bond acceptors (Lipinski definition) is 2. The second kappa shape index (κ2) is 5.74. The van der Waals surface area contributed by atoms with Gasteiger partial charge in [0.25, 0.3) is 0 Å². The Bertz CT molecular complexity index is 757. The van der Waals surface area contributed by atoms with Crippen LogP contribution in [-0.4, -0.2) is 7.05 Å². The van der Waals surface area contributed by atoms with Crippen molar-refractivity contribution in [2.75, 3.05) is 7.05 Å². The van der Waals surface area contributed by atoms with Gasteiger partial charge in [0.2, 0.25) is 0 Å². The van der Waals surface area contributed by atoms with Crippen LogP contribution in [-0.2, 0) is 6.42 Å². The van der Waals surface area contributed by atoms with Gasteiger partial charge < -0.3 is 9.73 Å². The molecule has 2 nitrogen and oxygen atoms in total. The van der Waals surface area contributed by atoms with Gasteiger partial charge in [-0.3, -0.25) is 0 Å². The summed E-state index contributed by atoms with van der Waals surface area (Å²) in [7, 11) is 1.99. The molecule has 1 aromatic heterocycles. The number of benzene rings is 2. The highest BCUT2D eigenvalue weighted by molar-refractivity contribution is 5.81. The molecule has 21 heavy (non-hydrogen) atoms. The van der Waals surface area contributed by atoms with Crippen molar-refractivity contribution in [2.45, 2.75) is 26.3 Å². The van der Waals surface area contributed by atoms with Crippen LogP contribution in [0.2, 0.25) is 0 Å². The molecule has 0 saturated carbocycles. The molecular formula is C19H21NO. The highest BCUT2D eigenvalue weighted by atomic mass is 16.3. The minimum atomic E-state index is 0.193. The lowest BCUT2D eigenvalue weighted by Crippen LogP contribution is -2.18. The molecule has 2 heteroatoms. The number of hydrogen-bond donors (Lipinski definition) is 1. The van der Waals surface area contributed by atoms with Crippen molar-refractivity contribution in [1.29, 1.82) is 0 Å². The maximum Gasteiger partial charge on any atom is 0.137 e. The Hall–Kier alpha value is -2.06. The molecule has 0 aliphatic rings. The van der Waals surface area contributed by atoms with Crippen LogP contribution >= 0.6 is 0 Å². The number of likely N-dealkylation sites (N-methyl/N-ethyl adjacent to an activating group) is 1. The van der Waals surface area contributed by atoms with Gasteiger partial charge >= 0.3 is 0 Å². The highest BCUT2D eigenvalue weighted by Crippen LogP contribution is 2.28. The summed E-state index contributed by atoms with van der Waals surface area (Å²) in [5.74, 6) is 1.00. The fourth-order valence-corrected chi connectivity index (χ4v) is 2.82. The van der Waals surface area contributed by atoms with Crippen LogP contribution in [0.5, 0.6) is 0 Å². The molecule has 0 radical (unpaired) electrons. The van der Waals surface area contributed by atoms with Crippen molar-refractivity contribution >= 4 is 11.0 Å². The zero-order valence-corrected chi connectivity index (χ0v) is 12.8. The molecule has 1 unspecified atom stereocenters. The smallest absolute Gasteiger partial charge is 0.137 e. The van der Waals surface area contributed by atoms with Gasteiger partial charge in [-0.05, 0) is 44.5 Å². The quantitative estimate of drug-likeness (QED) is 0.757. The molecule has 0 fully saturated rings. The predicted molar refractivity (Wildman–Crippen MR) is 87.6 cm³/mol. The first-order valence-corrected chi connectivity index (χ1v) is 7.39. The van der Waals surface area contributed by atoms with Crippen molar-refractivity contribution in [3.8, 4) is 0 Å². The Morgan fingerprint density at radius 2 is 1.86 bits per heavy atom. The summed E-state index contributed by atoms with van der Waals surface area (Å²) < 4.78 is 6.09. The Labute approximate surface area is 125 Å². The molecule has 0 aliphatic carbocycles. The summed E-state index contributed by atoms with van der Waals surface area (Å²) in [4.78, 5) is 0. The summed E-state index contributed by atoms with van der Waals surface area (Å²) in [6, 6.07) is 17.3. The van der Waals surface area contributed by atoms with Gasteiger partial charge in [0, 0.05) is 5.39 Å². The van der Waals surface area contributed by atoms with Crippen LogP contribution in [0.3, 0.4) is 0 Å². The first-order chi connectivity index (χ1) is 10.2. The third-order valence-corrected chi connectivity index (χ3v) is 3.97. The van der Waals surface area contributed by atoms with Crippen LogP contribution in [0.4, 0.5) is 0 Å². The standard InChI is InChI=1S/C19H21NO/c1-13-6-4-8-15(10-13)11-17(20-3)18-12-16-9-5-7-14(2)19(16)21-18/h4-10,12,17,20H,11H2,1-3H3. The zero-order chi connectivity index (χ0) is 14.8. The van der Waals surface area contributed by atoms with Gasteiger partial charge in [-0.1, -0.05) is 48.0 Å². The summed E-state index contributed by atoms with van der Waals surface area (Å²) >= 11 is 0. The van der Waals surface area contributed by atoms with E-state index in [1.165, 1.54) is 22.1 Å². The fourth-order valence-electron chi connectivity index (χ4n) is 2.82. The molecule has 108 valence electrons. The first-order valence-electron chi connectivity index (χ1n) is 7.39. The van der Waals surface area contributed by atoms with E-state index in [2.05, 4.69) is 67.7 Å². The SMILES string of the molecule is CNC(Cc1cccc(C)c1)c1cc2cccc(C)c2o1. The molecule has 0 spiro atoms. The minimum absolute atomic E-state index is 0.193. The molecule has 1 heterocycles. The van der Waals surface area contributed by atoms with Crippen LogP contribution in [0, 0.1) is 13.8 Å². The predicted octanol–water partition coefficient (Wildman–Crippen LogP) is 4.55. The highest BCUT2D eigenvalue weighted by Gasteiger charge is 2.16. The molecule has 0 saturated heterocycles. The van der Waals surface area contributed by atoms with Crippen molar-refractivity contribution in [3.05, 3.63) is 71.0 Å². The molecule has 3 rings (SSSR count). The zero-order valence-electron chi connectivity index (χ0n) is 12.8. The Kier molecular flexibility index (Phi) is 3.80. The summed E-state index contributed by atoms with van der Waals surface area (Å²) in [6.07, 6.45) is 0.928. The van der Waals surface area contributed by atoms with Crippen molar-refractivity contribution < 1.29 is 4.42 Å². The van der Waals surface area contributed by atoms with E-state index in [0.717, 1.165) is 17.8 Å². The van der Waals surface area contributed by atoms with Crippen LogP contribution in [0.25, 0.3) is 11.0 Å². The average Bonchev–Trinajstić information content (AvgIpc) is 2.90. The van der Waals surface area contributed by atoms with Crippen molar-refractivity contribution in [2.24, 2.45) is 0 Å². The van der Waals surface area contributed by atoms with Gasteiger partial charge in [-0.15, -0.1) is 0 Å². The summed E-state index contributed by atoms with van der Waals surface area (Å²) in [6.45, 7) is 4.22. The molecule has 0 bridgehead atoms. The van der Waals surface area contributed by atoms with Crippen LogP contribution in [0.15, 0.2) is 52.9 Å². The second-order valence-electron chi connectivity index (χ2n) is 5.68. The summed E-state index contributed by atoms with van der Waals surface area (Å²) in [5, 5.41) is 4.55. The number of fused-ring (bicyclic) bond motifs is 1. The number of nitrogens with one attached hydrogen (secondary N) is 1. The number of furan rings is 1. The largest absolute Gasteiger partial charge is 0.459 e. The average molecular weight is 279 g/mol. The number of rotatable bonds is 4. The minimum Gasteiger partial charge on any atom is -0.459 e. The fraction of sp³-hybridized carbons (Fsp3) is 0.263. The molecule has 3 aromatic rings. The molecule has 2 aromatic carbocycles. The van der Waals surface area contributed by atoms with Gasteiger partial charge in [0.1, 0.15) is 11.3 Å². The van der Waals surface area contributed by atoms with Gasteiger partial charge in [0.15, 0.2) is 0 Å². The van der Waals surface area contributed by atoms with E-state index in [9.17, 15) is 0 Å². The number of para-hydroxylation sites is 1. The van der Waals surface area contributed by atoms with Crippen molar-refractivity contribution in [3.63, 3.8) is 0 Å². The molecule has 0 amide bonds. The van der Waals surface area contributed by atoms with Gasteiger partial charge in [-0.2, -0.15) is 0 Å². The maximum atomic E-state index is 6.09. The lowest BCUT2D eigenvalue weighted by molar-refractivity contribution is 0.450. The third kappa shape index (κ3) is 2.86. The Balaban J connectivity index is 1.93. The molecule has 1 atom stereocenters. The summed E-state index contributed by atoms with van der Waals surface area (Å²) in [5.41, 5.74) is 4.80. The van der Waals surface area contributed by atoms with E-state index >= 15 is 0 Å².